The van der Waals surface area contributed by atoms with Gasteiger partial charge in [-0.1, -0.05) is 91.0 Å². The summed E-state index contributed by atoms with van der Waals surface area (Å²) in [5, 5.41) is 0. The zero-order chi connectivity index (χ0) is 38.0. The number of ether oxygens (including phenoxy) is 11. The zero-order valence-corrected chi connectivity index (χ0v) is 30.6. The molecular formula is C40H46O14. The van der Waals surface area contributed by atoms with Crippen LogP contribution in [0.5, 0.6) is 0 Å². The molecule has 11 atom stereocenters. The van der Waals surface area contributed by atoms with Crippen molar-refractivity contribution in [2.75, 3.05) is 20.3 Å². The van der Waals surface area contributed by atoms with Crippen molar-refractivity contribution < 1.29 is 66.5 Å². The number of hydrogen-bond acceptors (Lipinski definition) is 14. The van der Waals surface area contributed by atoms with Crippen LogP contribution in [0, 0.1) is 0 Å². The summed E-state index contributed by atoms with van der Waals surface area (Å²) < 4.78 is 67.4. The van der Waals surface area contributed by atoms with Crippen LogP contribution in [-0.2, 0) is 79.7 Å². The van der Waals surface area contributed by atoms with Crippen molar-refractivity contribution in [1.29, 1.82) is 0 Å². The lowest BCUT2D eigenvalue weighted by Gasteiger charge is -2.49. The minimum atomic E-state index is -1.29. The Kier molecular flexibility index (Phi) is 13.8. The van der Waals surface area contributed by atoms with E-state index in [-0.39, 0.29) is 26.4 Å². The van der Waals surface area contributed by atoms with Crippen LogP contribution in [0.2, 0.25) is 0 Å². The Balaban J connectivity index is 1.30. The molecule has 14 heteroatoms. The maximum atomic E-state index is 12.4. The molecular weight excluding hydrogens is 704 g/mol. The van der Waals surface area contributed by atoms with E-state index in [9.17, 15) is 14.4 Å². The van der Waals surface area contributed by atoms with Crippen LogP contribution in [0.3, 0.4) is 0 Å². The van der Waals surface area contributed by atoms with E-state index in [2.05, 4.69) is 0 Å². The molecule has 0 N–H and O–H groups in total. The topological polar surface area (TPSA) is 153 Å². The molecule has 290 valence electrons. The van der Waals surface area contributed by atoms with Crippen LogP contribution in [0.4, 0.5) is 0 Å². The van der Waals surface area contributed by atoms with Crippen molar-refractivity contribution in [3.63, 3.8) is 0 Å². The van der Waals surface area contributed by atoms with E-state index in [0.29, 0.717) is 0 Å². The number of methoxy groups -OCH3 is 1. The van der Waals surface area contributed by atoms with Crippen molar-refractivity contribution in [2.24, 2.45) is 0 Å². The second-order valence-corrected chi connectivity index (χ2v) is 13.1. The Labute approximate surface area is 313 Å². The number of carbonyl (C=O) groups is 3. The molecule has 3 aromatic rings. The Morgan fingerprint density at radius 1 is 0.593 bits per heavy atom. The molecule has 3 heterocycles. The maximum Gasteiger partial charge on any atom is 0.303 e. The summed E-state index contributed by atoms with van der Waals surface area (Å²) in [4.78, 5) is 36.7. The van der Waals surface area contributed by atoms with Gasteiger partial charge >= 0.3 is 17.9 Å². The van der Waals surface area contributed by atoms with Gasteiger partial charge in [0.25, 0.3) is 0 Å². The third kappa shape index (κ3) is 10.1. The summed E-state index contributed by atoms with van der Waals surface area (Å²) in [6, 6.07) is 29.0. The predicted molar refractivity (Wildman–Crippen MR) is 187 cm³/mol. The highest BCUT2D eigenvalue weighted by molar-refractivity contribution is 5.68. The first-order valence-electron chi connectivity index (χ1n) is 17.8. The van der Waals surface area contributed by atoms with Crippen molar-refractivity contribution in [2.45, 2.75) is 102 Å². The number of fused-ring (bicyclic) bond motifs is 1. The molecule has 1 unspecified atom stereocenters. The van der Waals surface area contributed by atoms with Gasteiger partial charge in [-0.15, -0.1) is 0 Å². The van der Waals surface area contributed by atoms with Crippen molar-refractivity contribution in [3.05, 3.63) is 108 Å². The molecule has 0 saturated carbocycles. The van der Waals surface area contributed by atoms with E-state index in [1.54, 1.807) is 0 Å². The summed E-state index contributed by atoms with van der Waals surface area (Å²) in [6.45, 7) is 3.89. The first-order valence-corrected chi connectivity index (χ1v) is 17.8. The zero-order valence-electron chi connectivity index (χ0n) is 30.6. The summed E-state index contributed by atoms with van der Waals surface area (Å²) in [5.41, 5.74) is 2.69. The van der Waals surface area contributed by atoms with Gasteiger partial charge in [-0.05, 0) is 11.1 Å². The molecule has 3 fully saturated rings. The average molecular weight is 751 g/mol. The lowest BCUT2D eigenvalue weighted by Crippen LogP contribution is -2.65. The second kappa shape index (κ2) is 18.9. The van der Waals surface area contributed by atoms with E-state index < -0.39 is 85.6 Å². The average Bonchev–Trinajstić information content (AvgIpc) is 3.17. The molecule has 3 aliphatic heterocycles. The van der Waals surface area contributed by atoms with E-state index in [0.717, 1.165) is 16.7 Å². The van der Waals surface area contributed by atoms with Crippen LogP contribution in [0.25, 0.3) is 0 Å². The minimum absolute atomic E-state index is 0.154. The van der Waals surface area contributed by atoms with Crippen LogP contribution in [-0.4, -0.2) is 99.6 Å². The molecule has 6 rings (SSSR count). The van der Waals surface area contributed by atoms with Gasteiger partial charge in [-0.3, -0.25) is 14.4 Å². The van der Waals surface area contributed by atoms with E-state index in [1.165, 1.54) is 27.9 Å². The van der Waals surface area contributed by atoms with Gasteiger partial charge in [-0.2, -0.15) is 0 Å². The van der Waals surface area contributed by atoms with Gasteiger partial charge in [0.15, 0.2) is 37.2 Å². The van der Waals surface area contributed by atoms with Crippen molar-refractivity contribution >= 4 is 17.9 Å². The highest BCUT2D eigenvalue weighted by Crippen LogP contribution is 2.38. The molecule has 0 amide bonds. The third-order valence-electron chi connectivity index (χ3n) is 9.08. The third-order valence-corrected chi connectivity index (χ3v) is 9.08. The summed E-state index contributed by atoms with van der Waals surface area (Å²) in [6.07, 6.45) is -10.7. The lowest BCUT2D eigenvalue weighted by atomic mass is 9.96. The van der Waals surface area contributed by atoms with Crippen LogP contribution in [0.15, 0.2) is 91.0 Å². The molecule has 0 aromatic heterocycles. The van der Waals surface area contributed by atoms with Crippen LogP contribution in [0.1, 0.15) is 43.8 Å². The fourth-order valence-corrected chi connectivity index (χ4v) is 6.73. The van der Waals surface area contributed by atoms with Gasteiger partial charge in [0.2, 0.25) is 0 Å². The molecule has 0 spiro atoms. The molecule has 3 aliphatic rings. The standard InChI is InChI=1S/C40H46O14/c1-24(41)49-33-31(52-39(44-4)37(51-26(3)43)35(33)50-25(2)42)23-48-40-36(46-21-28-16-10-6-11-17-28)34(45-20-27-14-8-5-9-15-27)32-30(53-40)22-47-38(54-32)29-18-12-7-13-19-29/h5-19,30-40H,20-23H2,1-4H3/t30-,31-,32-,33-,34+,35+,36+,37-,38?,39+,40+/m1/s1. The Morgan fingerprint density at radius 2 is 1.13 bits per heavy atom. The highest BCUT2D eigenvalue weighted by atomic mass is 16.8. The number of esters is 3. The fourth-order valence-electron chi connectivity index (χ4n) is 6.73. The van der Waals surface area contributed by atoms with Gasteiger partial charge in [0, 0.05) is 33.4 Å². The largest absolute Gasteiger partial charge is 0.456 e. The summed E-state index contributed by atoms with van der Waals surface area (Å²) in [5.74, 6) is -2.08. The quantitative estimate of drug-likeness (QED) is 0.171. The van der Waals surface area contributed by atoms with Crippen molar-refractivity contribution in [1.82, 2.24) is 0 Å². The molecule has 0 bridgehead atoms. The van der Waals surface area contributed by atoms with E-state index in [1.807, 2.05) is 91.0 Å². The molecule has 3 aromatic carbocycles. The Hall–Kier alpha value is -4.25. The fraction of sp³-hybridized carbons (Fsp3) is 0.475. The van der Waals surface area contributed by atoms with Gasteiger partial charge < -0.3 is 52.1 Å². The number of hydrogen-bond donors (Lipinski definition) is 0. The first kappa shape index (κ1) is 39.4. The monoisotopic (exact) mass is 750 g/mol. The first-order chi connectivity index (χ1) is 26.2. The lowest BCUT2D eigenvalue weighted by molar-refractivity contribution is -0.378. The maximum absolute atomic E-state index is 12.4. The van der Waals surface area contributed by atoms with Crippen LogP contribution < -0.4 is 0 Å². The Bertz CT molecular complexity index is 1640. The van der Waals surface area contributed by atoms with Gasteiger partial charge in [-0.25, -0.2) is 0 Å². The normalized spacial score (nSPS) is 30.8. The molecule has 0 aliphatic carbocycles. The Morgan fingerprint density at radius 3 is 1.70 bits per heavy atom. The molecule has 14 nitrogen and oxygen atoms in total. The van der Waals surface area contributed by atoms with Gasteiger partial charge in [0.05, 0.1) is 26.4 Å². The molecule has 54 heavy (non-hydrogen) atoms. The number of carbonyl (C=O) groups excluding carboxylic acids is 3. The summed E-state index contributed by atoms with van der Waals surface area (Å²) >= 11 is 0. The number of rotatable bonds is 14. The van der Waals surface area contributed by atoms with E-state index >= 15 is 0 Å². The second-order valence-electron chi connectivity index (χ2n) is 13.1. The summed E-state index contributed by atoms with van der Waals surface area (Å²) in [7, 11) is 1.34. The predicted octanol–water partition coefficient (Wildman–Crippen LogP) is 4.18. The van der Waals surface area contributed by atoms with Crippen LogP contribution >= 0.6 is 0 Å². The minimum Gasteiger partial charge on any atom is -0.456 e. The SMILES string of the molecule is CO[C@H]1O[C@H](CO[C@H]2O[C@@H]3COC(c4ccccc4)O[C@H]3[C@H](OCc3ccccc3)[C@@H]2OCc2ccccc2)[C@@H](OC(C)=O)[C@H](OC(C)=O)[C@H]1OC(C)=O. The van der Waals surface area contributed by atoms with Gasteiger partial charge in [0.1, 0.15) is 30.5 Å². The molecule has 0 radical (unpaired) electrons. The van der Waals surface area contributed by atoms with E-state index in [4.69, 9.17) is 52.1 Å². The van der Waals surface area contributed by atoms with Crippen molar-refractivity contribution in [3.8, 4) is 0 Å². The highest BCUT2D eigenvalue weighted by Gasteiger charge is 2.55. The number of benzene rings is 3. The molecule has 3 saturated heterocycles. The smallest absolute Gasteiger partial charge is 0.303 e.